The van der Waals surface area contributed by atoms with Gasteiger partial charge in [0, 0.05) is 27.4 Å². The molecule has 0 saturated carbocycles. The second-order valence-electron chi connectivity index (χ2n) is 5.23. The van der Waals surface area contributed by atoms with Gasteiger partial charge >= 0.3 is 0 Å². The molecule has 3 rings (SSSR count). The van der Waals surface area contributed by atoms with Gasteiger partial charge in [0.05, 0.1) is 5.69 Å². The average molecular weight is 351 g/mol. The van der Waals surface area contributed by atoms with E-state index >= 15 is 0 Å². The van der Waals surface area contributed by atoms with E-state index in [2.05, 4.69) is 52.4 Å². The Kier molecular flexibility index (Phi) is 4.54. The van der Waals surface area contributed by atoms with Gasteiger partial charge in [-0.05, 0) is 37.9 Å². The maximum atomic E-state index is 4.95. The zero-order chi connectivity index (χ0) is 13.9. The molecule has 0 radical (unpaired) electrons. The summed E-state index contributed by atoms with van der Waals surface area (Å²) in [5.74, 6) is 0.596. The van der Waals surface area contributed by atoms with Crippen LogP contribution in [0.3, 0.4) is 0 Å². The highest BCUT2D eigenvalue weighted by Gasteiger charge is 2.24. The van der Waals surface area contributed by atoms with Crippen LogP contribution in [0.2, 0.25) is 0 Å². The van der Waals surface area contributed by atoms with E-state index in [-0.39, 0.29) is 0 Å². The average Bonchev–Trinajstić information content (AvgIpc) is 2.90. The van der Waals surface area contributed by atoms with Crippen LogP contribution in [-0.2, 0) is 6.42 Å². The van der Waals surface area contributed by atoms with Crippen LogP contribution in [0.25, 0.3) is 10.6 Å². The summed E-state index contributed by atoms with van der Waals surface area (Å²) < 4.78 is 1.12. The molecular formula is C16H19BrN2S. The van der Waals surface area contributed by atoms with Gasteiger partial charge in [-0.2, -0.15) is 0 Å². The van der Waals surface area contributed by atoms with Gasteiger partial charge in [-0.1, -0.05) is 35.0 Å². The fraction of sp³-hybridized carbons (Fsp3) is 0.438. The quantitative estimate of drug-likeness (QED) is 0.871. The van der Waals surface area contributed by atoms with Crippen molar-refractivity contribution in [2.24, 2.45) is 0 Å². The molecule has 0 spiro atoms. The number of likely N-dealkylation sites (N-methyl/N-ethyl adjacent to an activating group) is 1. The molecule has 0 saturated heterocycles. The highest BCUT2D eigenvalue weighted by Crippen LogP contribution is 2.38. The fourth-order valence-corrected chi connectivity index (χ4v) is 4.20. The molecule has 0 aliphatic heterocycles. The van der Waals surface area contributed by atoms with Crippen molar-refractivity contribution < 1.29 is 0 Å². The molecule has 0 amide bonds. The molecular weight excluding hydrogens is 332 g/mol. The van der Waals surface area contributed by atoms with Crippen molar-refractivity contribution in [2.75, 3.05) is 13.1 Å². The van der Waals surface area contributed by atoms with Gasteiger partial charge < -0.3 is 5.32 Å². The Morgan fingerprint density at radius 2 is 2.15 bits per heavy atom. The van der Waals surface area contributed by atoms with Crippen LogP contribution in [0.5, 0.6) is 0 Å². The van der Waals surface area contributed by atoms with Crippen LogP contribution in [0, 0.1) is 0 Å². The summed E-state index contributed by atoms with van der Waals surface area (Å²) in [6, 6.07) is 8.47. The first-order chi connectivity index (χ1) is 9.78. The molecule has 2 nitrogen and oxygen atoms in total. The number of nitrogens with zero attached hydrogens (tertiary/aromatic N) is 1. The van der Waals surface area contributed by atoms with E-state index in [1.807, 2.05) is 11.3 Å². The maximum Gasteiger partial charge on any atom is 0.123 e. The van der Waals surface area contributed by atoms with Gasteiger partial charge in [-0.25, -0.2) is 4.98 Å². The molecule has 106 valence electrons. The zero-order valence-electron chi connectivity index (χ0n) is 11.7. The molecule has 20 heavy (non-hydrogen) atoms. The first-order valence-electron chi connectivity index (χ1n) is 7.24. The second kappa shape index (κ2) is 6.37. The van der Waals surface area contributed by atoms with Crippen LogP contribution in [0.15, 0.2) is 28.7 Å². The number of hydrogen-bond donors (Lipinski definition) is 1. The summed E-state index contributed by atoms with van der Waals surface area (Å²) in [7, 11) is 0. The van der Waals surface area contributed by atoms with E-state index in [4.69, 9.17) is 4.98 Å². The largest absolute Gasteiger partial charge is 0.316 e. The standard InChI is InChI=1S/C16H19BrN2S/c1-2-18-10-12-4-3-5-14-15(12)19-16(20-14)11-6-8-13(17)9-7-11/h6-9,12,18H,2-5,10H2,1H3. The van der Waals surface area contributed by atoms with Crippen molar-refractivity contribution in [1.82, 2.24) is 10.3 Å². The Balaban J connectivity index is 1.88. The Hall–Kier alpha value is -0.710. The predicted octanol–water partition coefficient (Wildman–Crippen LogP) is 4.60. The lowest BCUT2D eigenvalue weighted by atomic mass is 9.91. The Bertz CT molecular complexity index is 577. The Morgan fingerprint density at radius 1 is 1.35 bits per heavy atom. The molecule has 1 aliphatic carbocycles. The van der Waals surface area contributed by atoms with Gasteiger partial charge in [0.15, 0.2) is 0 Å². The Morgan fingerprint density at radius 3 is 2.90 bits per heavy atom. The number of nitrogens with one attached hydrogen (secondary N) is 1. The normalized spacial score (nSPS) is 18.0. The molecule has 0 bridgehead atoms. The number of benzene rings is 1. The van der Waals surface area contributed by atoms with E-state index in [0.29, 0.717) is 5.92 Å². The molecule has 1 unspecified atom stereocenters. The van der Waals surface area contributed by atoms with E-state index in [9.17, 15) is 0 Å². The van der Waals surface area contributed by atoms with Gasteiger partial charge in [0.1, 0.15) is 5.01 Å². The number of hydrogen-bond acceptors (Lipinski definition) is 3. The van der Waals surface area contributed by atoms with Crippen molar-refractivity contribution in [1.29, 1.82) is 0 Å². The van der Waals surface area contributed by atoms with Crippen LogP contribution < -0.4 is 5.32 Å². The molecule has 1 atom stereocenters. The van der Waals surface area contributed by atoms with Gasteiger partial charge in [0.2, 0.25) is 0 Å². The fourth-order valence-electron chi connectivity index (χ4n) is 2.74. The summed E-state index contributed by atoms with van der Waals surface area (Å²) in [5, 5.41) is 4.65. The smallest absolute Gasteiger partial charge is 0.123 e. The van der Waals surface area contributed by atoms with Crippen molar-refractivity contribution >= 4 is 27.3 Å². The van der Waals surface area contributed by atoms with Crippen LogP contribution >= 0.6 is 27.3 Å². The minimum Gasteiger partial charge on any atom is -0.316 e. The maximum absolute atomic E-state index is 4.95. The third kappa shape index (κ3) is 2.97. The molecule has 1 aromatic carbocycles. The van der Waals surface area contributed by atoms with Crippen molar-refractivity contribution in [3.8, 4) is 10.6 Å². The minimum absolute atomic E-state index is 0.596. The molecule has 1 aromatic heterocycles. The van der Waals surface area contributed by atoms with Crippen molar-refractivity contribution in [3.05, 3.63) is 39.3 Å². The third-order valence-corrected chi connectivity index (χ3v) is 5.51. The van der Waals surface area contributed by atoms with Gasteiger partial charge in [-0.15, -0.1) is 11.3 Å². The highest BCUT2D eigenvalue weighted by atomic mass is 79.9. The van der Waals surface area contributed by atoms with Crippen molar-refractivity contribution in [3.63, 3.8) is 0 Å². The third-order valence-electron chi connectivity index (χ3n) is 3.80. The lowest BCUT2D eigenvalue weighted by molar-refractivity contribution is 0.509. The summed E-state index contributed by atoms with van der Waals surface area (Å²) in [6.45, 7) is 4.26. The lowest BCUT2D eigenvalue weighted by Gasteiger charge is -2.21. The molecule has 4 heteroatoms. The Labute approximate surface area is 132 Å². The minimum atomic E-state index is 0.596. The molecule has 1 heterocycles. The number of aryl methyl sites for hydroxylation is 1. The van der Waals surface area contributed by atoms with E-state index < -0.39 is 0 Å². The SMILES string of the molecule is CCNCC1CCCc2sc(-c3ccc(Br)cc3)nc21. The number of fused-ring (bicyclic) bond motifs is 1. The highest BCUT2D eigenvalue weighted by molar-refractivity contribution is 9.10. The van der Waals surface area contributed by atoms with E-state index in [1.54, 1.807) is 0 Å². The number of thiazole rings is 1. The van der Waals surface area contributed by atoms with Crippen LogP contribution in [-0.4, -0.2) is 18.1 Å². The van der Waals surface area contributed by atoms with Crippen LogP contribution in [0.1, 0.15) is 36.3 Å². The molecule has 2 aromatic rings. The topological polar surface area (TPSA) is 24.9 Å². The molecule has 1 N–H and O–H groups in total. The van der Waals surface area contributed by atoms with E-state index in [1.165, 1.54) is 40.4 Å². The second-order valence-corrected chi connectivity index (χ2v) is 7.23. The number of aromatic nitrogens is 1. The first-order valence-corrected chi connectivity index (χ1v) is 8.85. The van der Waals surface area contributed by atoms with Crippen molar-refractivity contribution in [2.45, 2.75) is 32.1 Å². The summed E-state index contributed by atoms with van der Waals surface area (Å²) in [6.07, 6.45) is 3.76. The lowest BCUT2D eigenvalue weighted by Crippen LogP contribution is -2.23. The van der Waals surface area contributed by atoms with E-state index in [0.717, 1.165) is 17.6 Å². The zero-order valence-corrected chi connectivity index (χ0v) is 14.1. The first kappa shape index (κ1) is 14.2. The molecule has 0 fully saturated rings. The number of rotatable bonds is 4. The monoisotopic (exact) mass is 350 g/mol. The summed E-state index contributed by atoms with van der Waals surface area (Å²) >= 11 is 5.37. The summed E-state index contributed by atoms with van der Waals surface area (Å²) in [4.78, 5) is 6.45. The van der Waals surface area contributed by atoms with Crippen LogP contribution in [0.4, 0.5) is 0 Å². The predicted molar refractivity (Wildman–Crippen MR) is 89.5 cm³/mol. The molecule has 1 aliphatic rings. The van der Waals surface area contributed by atoms with Gasteiger partial charge in [-0.3, -0.25) is 0 Å². The number of halogens is 1. The summed E-state index contributed by atoms with van der Waals surface area (Å²) in [5.41, 5.74) is 2.58. The van der Waals surface area contributed by atoms with Gasteiger partial charge in [0.25, 0.3) is 0 Å².